The number of imide groups is 1. The van der Waals surface area contributed by atoms with Crippen LogP contribution in [-0.2, 0) is 30.3 Å². The minimum Gasteiger partial charge on any atom is -0.625 e. The van der Waals surface area contributed by atoms with Gasteiger partial charge in [0.05, 0.1) is 18.9 Å². The first-order valence-corrected chi connectivity index (χ1v) is 7.44. The largest absolute Gasteiger partial charge is 1.00 e. The molecule has 128 valence electrons. The van der Waals surface area contributed by atoms with Crippen LogP contribution >= 0.6 is 0 Å². The molecule has 1 saturated heterocycles. The van der Waals surface area contributed by atoms with Gasteiger partial charge in [0, 0.05) is 20.0 Å². The number of carbonyl (C=O) groups is 4. The third kappa shape index (κ3) is 7.06. The van der Waals surface area contributed by atoms with Crippen molar-refractivity contribution in [1.29, 1.82) is 0 Å². The van der Waals surface area contributed by atoms with Crippen LogP contribution in [0.15, 0.2) is 24.3 Å². The fraction of sp³-hybridized carbons (Fsp3) is 0.375. The summed E-state index contributed by atoms with van der Waals surface area (Å²) >= 11 is 0. The number of β-lactam (4-membered cyclic amide) rings is 1. The SMILES string of the molecule is CNC(=O)COCC(=O)[N-]c1ccc(CC(=O)N2CCC2=O)cc1.[Rb+]. The van der Waals surface area contributed by atoms with Crippen molar-refractivity contribution < 1.29 is 82.1 Å². The van der Waals surface area contributed by atoms with E-state index in [4.69, 9.17) is 4.74 Å². The van der Waals surface area contributed by atoms with Crippen LogP contribution in [0.1, 0.15) is 12.0 Å². The molecule has 9 heteroatoms. The molecule has 0 radical (unpaired) electrons. The van der Waals surface area contributed by atoms with Crippen LogP contribution in [0.3, 0.4) is 0 Å². The molecule has 0 atom stereocenters. The summed E-state index contributed by atoms with van der Waals surface area (Å²) in [7, 11) is 1.47. The first kappa shape index (κ1) is 22.1. The second-order valence-electron chi connectivity index (χ2n) is 5.20. The van der Waals surface area contributed by atoms with E-state index in [2.05, 4.69) is 10.6 Å². The van der Waals surface area contributed by atoms with Gasteiger partial charge < -0.3 is 20.2 Å². The predicted molar refractivity (Wildman–Crippen MR) is 84.4 cm³/mol. The number of benzene rings is 1. The molecule has 1 aliphatic heterocycles. The predicted octanol–water partition coefficient (Wildman–Crippen LogP) is -2.71. The average Bonchev–Trinajstić information content (AvgIpc) is 2.55. The van der Waals surface area contributed by atoms with Gasteiger partial charge in [-0.15, -0.1) is 5.69 Å². The maximum atomic E-state index is 11.8. The van der Waals surface area contributed by atoms with Gasteiger partial charge in [-0.25, -0.2) is 0 Å². The summed E-state index contributed by atoms with van der Waals surface area (Å²) in [5, 5.41) is 6.20. The molecule has 25 heavy (non-hydrogen) atoms. The minimum absolute atomic E-state index is 0. The van der Waals surface area contributed by atoms with Gasteiger partial charge in [-0.05, 0) is 5.56 Å². The number of ether oxygens (including phenoxy) is 1. The number of nitrogens with zero attached hydrogens (tertiary/aromatic N) is 2. The van der Waals surface area contributed by atoms with Gasteiger partial charge in [0.25, 0.3) is 0 Å². The Hall–Kier alpha value is -0.935. The Balaban J connectivity index is 0.00000312. The van der Waals surface area contributed by atoms with Crippen molar-refractivity contribution >= 4 is 29.3 Å². The zero-order valence-electron chi connectivity index (χ0n) is 14.3. The smallest absolute Gasteiger partial charge is 0.625 e. The van der Waals surface area contributed by atoms with Crippen LogP contribution in [0, 0.1) is 0 Å². The monoisotopic (exact) mass is 417 g/mol. The molecule has 8 nitrogen and oxygen atoms in total. The Kier molecular flexibility index (Phi) is 9.66. The number of hydrogen-bond donors (Lipinski definition) is 1. The van der Waals surface area contributed by atoms with E-state index in [-0.39, 0.29) is 95.5 Å². The molecule has 0 aliphatic carbocycles. The normalized spacial score (nSPS) is 12.7. The zero-order chi connectivity index (χ0) is 17.5. The quantitative estimate of drug-likeness (QED) is 0.485. The second-order valence-corrected chi connectivity index (χ2v) is 5.20. The van der Waals surface area contributed by atoms with E-state index in [1.807, 2.05) is 0 Å². The first-order chi connectivity index (χ1) is 11.5. The van der Waals surface area contributed by atoms with Gasteiger partial charge in [0.15, 0.2) is 0 Å². The maximum Gasteiger partial charge on any atom is 1.00 e. The number of carbonyl (C=O) groups excluding carboxylic acids is 4. The van der Waals surface area contributed by atoms with Gasteiger partial charge in [0.1, 0.15) is 6.61 Å². The van der Waals surface area contributed by atoms with Gasteiger partial charge >= 0.3 is 58.2 Å². The van der Waals surface area contributed by atoms with Crippen molar-refractivity contribution in [2.24, 2.45) is 0 Å². The molecule has 0 aromatic heterocycles. The second kappa shape index (κ2) is 10.9. The molecule has 0 spiro atoms. The molecular formula is C16H18N3O5Rb. The molecule has 1 N–H and O–H groups in total. The van der Waals surface area contributed by atoms with E-state index in [0.29, 0.717) is 18.7 Å². The van der Waals surface area contributed by atoms with E-state index < -0.39 is 5.91 Å². The Bertz CT molecular complexity index is 648. The first-order valence-electron chi connectivity index (χ1n) is 7.44. The number of likely N-dealkylation sites (N-methyl/N-ethyl adjacent to an activating group) is 1. The summed E-state index contributed by atoms with van der Waals surface area (Å²) in [5.74, 6) is -1.20. The summed E-state index contributed by atoms with van der Waals surface area (Å²) < 4.78 is 4.91. The Labute approximate surface area is 194 Å². The number of amides is 4. The number of rotatable bonds is 7. The van der Waals surface area contributed by atoms with Crippen LogP contribution in [0.4, 0.5) is 5.69 Å². The molecule has 0 saturated carbocycles. The molecule has 1 fully saturated rings. The minimum atomic E-state index is -0.506. The molecule has 1 aromatic rings. The standard InChI is InChI=1S/C16H19N3O5.Rb/c1-17-13(20)9-24-10-14(21)18-12-4-2-11(3-5-12)8-16(23)19-7-6-15(19)22;/h2-5H,6-10H2,1H3,(H2,17,18,20,21);/q;+1/p-1. The molecule has 1 heterocycles. The molecule has 0 unspecified atom stereocenters. The van der Waals surface area contributed by atoms with Gasteiger partial charge in [-0.2, -0.15) is 0 Å². The maximum absolute atomic E-state index is 11.8. The average molecular weight is 418 g/mol. The summed E-state index contributed by atoms with van der Waals surface area (Å²) in [6.45, 7) is -0.00556. The third-order valence-electron chi connectivity index (χ3n) is 3.43. The Morgan fingerprint density at radius 1 is 1.20 bits per heavy atom. The third-order valence-corrected chi connectivity index (χ3v) is 3.43. The fourth-order valence-electron chi connectivity index (χ4n) is 2.02. The van der Waals surface area contributed by atoms with E-state index in [1.54, 1.807) is 24.3 Å². The topological polar surface area (TPSA) is 107 Å². The molecule has 0 bridgehead atoms. The van der Waals surface area contributed by atoms with Gasteiger partial charge in [-0.1, -0.05) is 24.3 Å². The molecule has 4 amide bonds. The van der Waals surface area contributed by atoms with Gasteiger partial charge in [0.2, 0.25) is 17.7 Å². The zero-order valence-corrected chi connectivity index (χ0v) is 19.2. The number of nitrogens with one attached hydrogen (secondary N) is 1. The van der Waals surface area contributed by atoms with Crippen molar-refractivity contribution in [2.45, 2.75) is 12.8 Å². The van der Waals surface area contributed by atoms with Crippen molar-refractivity contribution in [2.75, 3.05) is 26.8 Å². The number of hydrogen-bond acceptors (Lipinski definition) is 5. The van der Waals surface area contributed by atoms with E-state index in [0.717, 1.165) is 5.56 Å². The summed E-state index contributed by atoms with van der Waals surface area (Å²) in [6, 6.07) is 6.58. The number of likely N-dealkylation sites (tertiary alicyclic amines) is 1. The fourth-order valence-corrected chi connectivity index (χ4v) is 2.02. The summed E-state index contributed by atoms with van der Waals surface area (Å²) in [4.78, 5) is 46.8. The molecule has 2 rings (SSSR count). The molecule has 1 aliphatic rings. The van der Waals surface area contributed by atoms with Crippen molar-refractivity contribution in [3.63, 3.8) is 0 Å². The summed E-state index contributed by atoms with van der Waals surface area (Å²) in [6.07, 6.45) is 0.558. The Morgan fingerprint density at radius 2 is 1.88 bits per heavy atom. The Morgan fingerprint density at radius 3 is 2.40 bits per heavy atom. The van der Waals surface area contributed by atoms with Gasteiger partial charge in [-0.3, -0.25) is 19.3 Å². The van der Waals surface area contributed by atoms with Crippen LogP contribution in [-0.4, -0.2) is 55.3 Å². The van der Waals surface area contributed by atoms with Crippen molar-refractivity contribution in [1.82, 2.24) is 10.2 Å². The van der Waals surface area contributed by atoms with Crippen LogP contribution in [0.5, 0.6) is 0 Å². The van der Waals surface area contributed by atoms with Crippen molar-refractivity contribution in [3.8, 4) is 0 Å². The molecule has 1 aromatic carbocycles. The van der Waals surface area contributed by atoms with Crippen LogP contribution in [0.2, 0.25) is 0 Å². The van der Waals surface area contributed by atoms with E-state index in [9.17, 15) is 19.2 Å². The van der Waals surface area contributed by atoms with Crippen LogP contribution < -0.4 is 63.5 Å². The van der Waals surface area contributed by atoms with Crippen molar-refractivity contribution in [3.05, 3.63) is 35.1 Å². The van der Waals surface area contributed by atoms with E-state index >= 15 is 0 Å². The van der Waals surface area contributed by atoms with Crippen LogP contribution in [0.25, 0.3) is 5.32 Å². The summed E-state index contributed by atoms with van der Waals surface area (Å²) in [5.41, 5.74) is 1.17. The molecular weight excluding hydrogens is 400 g/mol. The van der Waals surface area contributed by atoms with E-state index in [1.165, 1.54) is 11.9 Å².